The van der Waals surface area contributed by atoms with Crippen molar-refractivity contribution in [3.8, 4) is 0 Å². The average Bonchev–Trinajstić information content (AvgIpc) is 2.35. The molecular weight excluding hydrogens is 216 g/mol. The Morgan fingerprint density at radius 3 is 2.59 bits per heavy atom. The quantitative estimate of drug-likeness (QED) is 0.696. The number of aromatic amines is 1. The number of hydrogen-bond acceptors (Lipinski definition) is 4. The molecule has 96 valence electrons. The zero-order valence-electron chi connectivity index (χ0n) is 10.8. The Balaban J connectivity index is 2.75. The molecule has 1 aromatic heterocycles. The van der Waals surface area contributed by atoms with Crippen molar-refractivity contribution in [2.24, 2.45) is 5.73 Å². The first-order chi connectivity index (χ1) is 8.03. The fraction of sp³-hybridized carbons (Fsp3) is 0.667. The number of rotatable bonds is 6. The second-order valence-electron chi connectivity index (χ2n) is 4.35. The summed E-state index contributed by atoms with van der Waals surface area (Å²) >= 11 is 0. The number of hydrogen-bond donors (Lipinski definition) is 3. The second kappa shape index (κ2) is 5.82. The van der Waals surface area contributed by atoms with Crippen LogP contribution in [-0.4, -0.2) is 22.1 Å². The Bertz CT molecular complexity index is 409. The van der Waals surface area contributed by atoms with E-state index in [-0.39, 0.29) is 11.1 Å². The van der Waals surface area contributed by atoms with Crippen molar-refractivity contribution >= 4 is 5.82 Å². The van der Waals surface area contributed by atoms with Gasteiger partial charge in [0.15, 0.2) is 0 Å². The maximum atomic E-state index is 11.4. The number of anilines is 1. The zero-order chi connectivity index (χ0) is 12.9. The minimum Gasteiger partial charge on any atom is -0.368 e. The summed E-state index contributed by atoms with van der Waals surface area (Å²) in [6, 6.07) is 1.46. The van der Waals surface area contributed by atoms with Crippen molar-refractivity contribution in [1.82, 2.24) is 9.97 Å². The van der Waals surface area contributed by atoms with Crippen LogP contribution in [0.5, 0.6) is 0 Å². The van der Waals surface area contributed by atoms with Gasteiger partial charge in [-0.2, -0.15) is 0 Å². The van der Waals surface area contributed by atoms with Crippen LogP contribution in [0.2, 0.25) is 0 Å². The van der Waals surface area contributed by atoms with E-state index in [1.54, 1.807) is 0 Å². The fourth-order valence-corrected chi connectivity index (χ4v) is 1.53. The molecule has 17 heavy (non-hydrogen) atoms. The summed E-state index contributed by atoms with van der Waals surface area (Å²) in [6.07, 6.45) is 2.49. The maximum Gasteiger partial charge on any atom is 0.252 e. The van der Waals surface area contributed by atoms with E-state index >= 15 is 0 Å². The Labute approximate surface area is 102 Å². The predicted octanol–water partition coefficient (Wildman–Crippen LogP) is 1.26. The maximum absolute atomic E-state index is 11.4. The minimum atomic E-state index is -0.239. The van der Waals surface area contributed by atoms with Crippen LogP contribution in [0.15, 0.2) is 10.9 Å². The van der Waals surface area contributed by atoms with Crippen molar-refractivity contribution in [3.63, 3.8) is 0 Å². The van der Waals surface area contributed by atoms with Gasteiger partial charge in [-0.1, -0.05) is 20.8 Å². The standard InChI is InChI=1S/C12H22N4O/c1-4-9-15-10(7-11(17)16-9)14-8-12(13,5-2)6-3/h7H,4-6,8,13H2,1-3H3,(H2,14,15,16,17). The molecule has 5 nitrogen and oxygen atoms in total. The van der Waals surface area contributed by atoms with Crippen molar-refractivity contribution in [3.05, 3.63) is 22.2 Å². The highest BCUT2D eigenvalue weighted by atomic mass is 16.1. The number of nitrogens with zero attached hydrogens (tertiary/aromatic N) is 1. The van der Waals surface area contributed by atoms with Crippen molar-refractivity contribution in [2.75, 3.05) is 11.9 Å². The molecule has 0 bridgehead atoms. The highest BCUT2D eigenvalue weighted by molar-refractivity contribution is 5.33. The number of aromatic nitrogens is 2. The summed E-state index contributed by atoms with van der Waals surface area (Å²) in [6.45, 7) is 6.70. The van der Waals surface area contributed by atoms with Crippen LogP contribution in [0.1, 0.15) is 39.4 Å². The first-order valence-electron chi connectivity index (χ1n) is 6.16. The smallest absolute Gasteiger partial charge is 0.252 e. The molecule has 0 aliphatic carbocycles. The first-order valence-corrected chi connectivity index (χ1v) is 6.16. The number of H-pyrrole nitrogens is 1. The highest BCUT2D eigenvalue weighted by Crippen LogP contribution is 2.12. The Kier molecular flexibility index (Phi) is 4.69. The zero-order valence-corrected chi connectivity index (χ0v) is 10.8. The fourth-order valence-electron chi connectivity index (χ4n) is 1.53. The van der Waals surface area contributed by atoms with Gasteiger partial charge in [0.2, 0.25) is 0 Å². The van der Waals surface area contributed by atoms with E-state index in [9.17, 15) is 4.79 Å². The molecule has 0 aromatic carbocycles. The molecule has 5 heteroatoms. The third kappa shape index (κ3) is 3.85. The van der Waals surface area contributed by atoms with Gasteiger partial charge in [-0.15, -0.1) is 0 Å². The van der Waals surface area contributed by atoms with Crippen molar-refractivity contribution in [1.29, 1.82) is 0 Å². The third-order valence-electron chi connectivity index (χ3n) is 3.16. The van der Waals surface area contributed by atoms with Crippen molar-refractivity contribution in [2.45, 2.75) is 45.6 Å². The summed E-state index contributed by atoms with van der Waals surface area (Å²) in [4.78, 5) is 18.4. The Hall–Kier alpha value is -1.36. The van der Waals surface area contributed by atoms with Gasteiger partial charge in [-0.05, 0) is 12.8 Å². The summed E-state index contributed by atoms with van der Waals surface area (Å²) < 4.78 is 0. The lowest BCUT2D eigenvalue weighted by atomic mass is 9.94. The lowest BCUT2D eigenvalue weighted by Gasteiger charge is -2.27. The largest absolute Gasteiger partial charge is 0.368 e. The van der Waals surface area contributed by atoms with Gasteiger partial charge in [0.25, 0.3) is 5.56 Å². The normalized spacial score (nSPS) is 11.5. The molecule has 0 unspecified atom stereocenters. The summed E-state index contributed by atoms with van der Waals surface area (Å²) in [7, 11) is 0. The molecule has 0 saturated carbocycles. The van der Waals surface area contributed by atoms with Crippen LogP contribution in [0.4, 0.5) is 5.82 Å². The molecule has 1 rings (SSSR count). The van der Waals surface area contributed by atoms with E-state index in [0.29, 0.717) is 24.6 Å². The molecular formula is C12H22N4O. The van der Waals surface area contributed by atoms with Gasteiger partial charge in [0.05, 0.1) is 0 Å². The van der Waals surface area contributed by atoms with E-state index < -0.39 is 0 Å². The average molecular weight is 238 g/mol. The lowest BCUT2D eigenvalue weighted by Crippen LogP contribution is -2.45. The molecule has 0 spiro atoms. The predicted molar refractivity (Wildman–Crippen MR) is 70.2 cm³/mol. The van der Waals surface area contributed by atoms with E-state index in [1.165, 1.54) is 6.07 Å². The molecule has 4 N–H and O–H groups in total. The molecule has 1 heterocycles. The summed E-state index contributed by atoms with van der Waals surface area (Å²) in [5, 5.41) is 3.15. The monoisotopic (exact) mass is 238 g/mol. The van der Waals surface area contributed by atoms with Gasteiger partial charge < -0.3 is 16.0 Å². The van der Waals surface area contributed by atoms with Crippen LogP contribution in [0, 0.1) is 0 Å². The SMILES string of the molecule is CCc1nc(NCC(N)(CC)CC)cc(=O)[nH]1. The number of aryl methyl sites for hydroxylation is 1. The minimum absolute atomic E-state index is 0.130. The highest BCUT2D eigenvalue weighted by Gasteiger charge is 2.19. The first kappa shape index (κ1) is 13.7. The lowest BCUT2D eigenvalue weighted by molar-refractivity contribution is 0.417. The number of nitrogens with one attached hydrogen (secondary N) is 2. The van der Waals surface area contributed by atoms with Crippen LogP contribution >= 0.6 is 0 Å². The topological polar surface area (TPSA) is 83.8 Å². The molecule has 1 aromatic rings. The van der Waals surface area contributed by atoms with Gasteiger partial charge in [0.1, 0.15) is 11.6 Å². The Morgan fingerprint density at radius 2 is 2.06 bits per heavy atom. The van der Waals surface area contributed by atoms with Crippen LogP contribution < -0.4 is 16.6 Å². The van der Waals surface area contributed by atoms with Gasteiger partial charge in [-0.25, -0.2) is 4.98 Å². The molecule has 0 atom stereocenters. The van der Waals surface area contributed by atoms with E-state index in [2.05, 4.69) is 29.1 Å². The van der Waals surface area contributed by atoms with Crippen LogP contribution in [-0.2, 0) is 6.42 Å². The Morgan fingerprint density at radius 1 is 1.41 bits per heavy atom. The van der Waals surface area contributed by atoms with Gasteiger partial charge in [0, 0.05) is 24.6 Å². The van der Waals surface area contributed by atoms with Crippen molar-refractivity contribution < 1.29 is 0 Å². The van der Waals surface area contributed by atoms with E-state index in [4.69, 9.17) is 5.73 Å². The molecule has 0 aliphatic rings. The van der Waals surface area contributed by atoms with Crippen LogP contribution in [0.25, 0.3) is 0 Å². The second-order valence-corrected chi connectivity index (χ2v) is 4.35. The van der Waals surface area contributed by atoms with Crippen LogP contribution in [0.3, 0.4) is 0 Å². The summed E-state index contributed by atoms with van der Waals surface area (Å²) in [5.74, 6) is 1.29. The van der Waals surface area contributed by atoms with E-state index in [1.807, 2.05) is 6.92 Å². The van der Waals surface area contributed by atoms with E-state index in [0.717, 1.165) is 12.8 Å². The van der Waals surface area contributed by atoms with Gasteiger partial charge in [-0.3, -0.25) is 4.79 Å². The molecule has 0 radical (unpaired) electrons. The summed E-state index contributed by atoms with van der Waals surface area (Å²) in [5.41, 5.74) is 5.81. The molecule has 0 fully saturated rings. The molecule has 0 aliphatic heterocycles. The molecule has 0 saturated heterocycles. The third-order valence-corrected chi connectivity index (χ3v) is 3.16. The molecule has 0 amide bonds. The van der Waals surface area contributed by atoms with Gasteiger partial charge >= 0.3 is 0 Å². The number of nitrogens with two attached hydrogens (primary N) is 1.